The number of anilines is 1. The smallest absolute Gasteiger partial charge is 0.322 e. The average Bonchev–Trinajstić information content (AvgIpc) is 2.81. The fraction of sp³-hybridized carbons (Fsp3) is 0.364. The normalized spacial score (nSPS) is 18.7. The van der Waals surface area contributed by atoms with Crippen molar-refractivity contribution in [1.82, 2.24) is 9.88 Å². The molecule has 1 fully saturated rings. The molecule has 0 aliphatic carbocycles. The second-order valence-corrected chi connectivity index (χ2v) is 4.04. The molecule has 1 aromatic rings. The van der Waals surface area contributed by atoms with Crippen molar-refractivity contribution < 1.29 is 14.0 Å². The van der Waals surface area contributed by atoms with Crippen LogP contribution in [-0.2, 0) is 4.79 Å². The molecule has 0 aromatic carbocycles. The van der Waals surface area contributed by atoms with Gasteiger partial charge in [-0.3, -0.25) is 9.78 Å². The standard InChI is InChI=1S/C11H13FN4O2/c12-7-6-14-4-3-8(7)15-11(18)16-5-1-2-9(16)10(13)17/h3-4,6,9H,1-2,5H2,(H2,13,17)(H,14,15,18). The van der Waals surface area contributed by atoms with Gasteiger partial charge >= 0.3 is 6.03 Å². The molecule has 0 radical (unpaired) electrons. The number of aromatic nitrogens is 1. The predicted molar refractivity (Wildman–Crippen MR) is 62.1 cm³/mol. The second kappa shape index (κ2) is 4.99. The van der Waals surface area contributed by atoms with Gasteiger partial charge in [-0.05, 0) is 18.9 Å². The number of primary amides is 1. The van der Waals surface area contributed by atoms with Crippen LogP contribution in [-0.4, -0.2) is 34.4 Å². The Labute approximate surface area is 103 Å². The summed E-state index contributed by atoms with van der Waals surface area (Å²) in [6.07, 6.45) is 3.63. The molecule has 2 heterocycles. The Bertz CT molecular complexity index is 480. The number of hydrogen-bond donors (Lipinski definition) is 2. The van der Waals surface area contributed by atoms with E-state index in [4.69, 9.17) is 5.73 Å². The Kier molecular flexibility index (Phi) is 3.40. The molecule has 1 saturated heterocycles. The van der Waals surface area contributed by atoms with Crippen LogP contribution in [0.2, 0.25) is 0 Å². The molecule has 2 rings (SSSR count). The lowest BCUT2D eigenvalue weighted by molar-refractivity contribution is -0.121. The summed E-state index contributed by atoms with van der Waals surface area (Å²) in [5.74, 6) is -1.17. The molecule has 1 aliphatic rings. The molecule has 1 atom stereocenters. The van der Waals surface area contributed by atoms with Crippen molar-refractivity contribution in [3.63, 3.8) is 0 Å². The van der Waals surface area contributed by atoms with Crippen molar-refractivity contribution in [2.75, 3.05) is 11.9 Å². The highest BCUT2D eigenvalue weighted by Crippen LogP contribution is 2.19. The molecule has 6 nitrogen and oxygen atoms in total. The van der Waals surface area contributed by atoms with Gasteiger partial charge in [0.25, 0.3) is 0 Å². The Morgan fingerprint density at radius 3 is 3.00 bits per heavy atom. The number of likely N-dealkylation sites (tertiary alicyclic amines) is 1. The van der Waals surface area contributed by atoms with Gasteiger partial charge in [0, 0.05) is 12.7 Å². The molecule has 1 aliphatic heterocycles. The second-order valence-electron chi connectivity index (χ2n) is 4.04. The average molecular weight is 252 g/mol. The van der Waals surface area contributed by atoms with Crippen LogP contribution in [0.3, 0.4) is 0 Å². The van der Waals surface area contributed by atoms with Crippen molar-refractivity contribution in [2.45, 2.75) is 18.9 Å². The van der Waals surface area contributed by atoms with Gasteiger partial charge in [-0.2, -0.15) is 0 Å². The van der Waals surface area contributed by atoms with Crippen LogP contribution in [0.4, 0.5) is 14.9 Å². The van der Waals surface area contributed by atoms with E-state index in [0.29, 0.717) is 19.4 Å². The third-order valence-corrected chi connectivity index (χ3v) is 2.86. The van der Waals surface area contributed by atoms with Crippen LogP contribution in [0, 0.1) is 5.82 Å². The van der Waals surface area contributed by atoms with E-state index in [1.54, 1.807) is 0 Å². The molecule has 18 heavy (non-hydrogen) atoms. The Morgan fingerprint density at radius 2 is 2.33 bits per heavy atom. The number of nitrogens with two attached hydrogens (primary N) is 1. The maximum atomic E-state index is 13.3. The van der Waals surface area contributed by atoms with Crippen LogP contribution < -0.4 is 11.1 Å². The zero-order valence-electron chi connectivity index (χ0n) is 9.60. The SMILES string of the molecule is NC(=O)C1CCCN1C(=O)Nc1ccncc1F. The van der Waals surface area contributed by atoms with Gasteiger partial charge in [-0.25, -0.2) is 9.18 Å². The summed E-state index contributed by atoms with van der Waals surface area (Å²) < 4.78 is 13.3. The van der Waals surface area contributed by atoms with E-state index in [2.05, 4.69) is 10.3 Å². The highest BCUT2D eigenvalue weighted by molar-refractivity contribution is 5.93. The molecule has 3 amide bonds. The first-order valence-electron chi connectivity index (χ1n) is 5.56. The van der Waals surface area contributed by atoms with Crippen molar-refractivity contribution >= 4 is 17.6 Å². The predicted octanol–water partition coefficient (Wildman–Crippen LogP) is 0.702. The quantitative estimate of drug-likeness (QED) is 0.812. The molecule has 7 heteroatoms. The molecule has 0 spiro atoms. The van der Waals surface area contributed by atoms with Gasteiger partial charge in [-0.1, -0.05) is 0 Å². The number of urea groups is 1. The van der Waals surface area contributed by atoms with Crippen LogP contribution in [0.15, 0.2) is 18.5 Å². The van der Waals surface area contributed by atoms with Crippen molar-refractivity contribution in [3.8, 4) is 0 Å². The highest BCUT2D eigenvalue weighted by Gasteiger charge is 2.32. The van der Waals surface area contributed by atoms with E-state index >= 15 is 0 Å². The minimum atomic E-state index is -0.624. The third kappa shape index (κ3) is 2.39. The van der Waals surface area contributed by atoms with E-state index in [0.717, 1.165) is 6.20 Å². The van der Waals surface area contributed by atoms with Gasteiger partial charge in [0.1, 0.15) is 6.04 Å². The van der Waals surface area contributed by atoms with Crippen LogP contribution in [0.1, 0.15) is 12.8 Å². The molecule has 96 valence electrons. The monoisotopic (exact) mass is 252 g/mol. The summed E-state index contributed by atoms with van der Waals surface area (Å²) in [5, 5.41) is 2.40. The minimum absolute atomic E-state index is 0.0325. The lowest BCUT2D eigenvalue weighted by Gasteiger charge is -2.22. The van der Waals surface area contributed by atoms with Gasteiger partial charge in [0.2, 0.25) is 5.91 Å². The number of rotatable bonds is 2. The van der Waals surface area contributed by atoms with Gasteiger partial charge < -0.3 is 16.0 Å². The summed E-state index contributed by atoms with van der Waals surface area (Å²) in [7, 11) is 0. The zero-order chi connectivity index (χ0) is 13.1. The zero-order valence-corrected chi connectivity index (χ0v) is 9.60. The lowest BCUT2D eigenvalue weighted by atomic mass is 10.2. The molecule has 1 unspecified atom stereocenters. The fourth-order valence-corrected chi connectivity index (χ4v) is 1.97. The van der Waals surface area contributed by atoms with Crippen LogP contribution in [0.25, 0.3) is 0 Å². The van der Waals surface area contributed by atoms with Crippen molar-refractivity contribution in [1.29, 1.82) is 0 Å². The summed E-state index contributed by atoms with van der Waals surface area (Å²) >= 11 is 0. The third-order valence-electron chi connectivity index (χ3n) is 2.86. The molecular weight excluding hydrogens is 239 g/mol. The van der Waals surface area contributed by atoms with E-state index in [-0.39, 0.29) is 5.69 Å². The molecule has 0 saturated carbocycles. The van der Waals surface area contributed by atoms with Crippen LogP contribution >= 0.6 is 0 Å². The Hall–Kier alpha value is -2.18. The van der Waals surface area contributed by atoms with E-state index in [1.807, 2.05) is 0 Å². The number of pyridine rings is 1. The van der Waals surface area contributed by atoms with Gasteiger partial charge in [-0.15, -0.1) is 0 Å². The lowest BCUT2D eigenvalue weighted by Crippen LogP contribution is -2.45. The topological polar surface area (TPSA) is 88.3 Å². The first kappa shape index (κ1) is 12.3. The Balaban J connectivity index is 2.08. The van der Waals surface area contributed by atoms with Gasteiger partial charge in [0.15, 0.2) is 5.82 Å². The fourth-order valence-electron chi connectivity index (χ4n) is 1.97. The summed E-state index contributed by atoms with van der Waals surface area (Å²) in [4.78, 5) is 28.0. The molecule has 3 N–H and O–H groups in total. The van der Waals surface area contributed by atoms with E-state index in [9.17, 15) is 14.0 Å². The molecule has 1 aromatic heterocycles. The summed E-state index contributed by atoms with van der Waals surface area (Å²) in [5.41, 5.74) is 5.24. The van der Waals surface area contributed by atoms with Crippen molar-refractivity contribution in [3.05, 3.63) is 24.3 Å². The maximum Gasteiger partial charge on any atom is 0.322 e. The number of carbonyl (C=O) groups is 2. The molecule has 0 bridgehead atoms. The number of nitrogens with zero attached hydrogens (tertiary/aromatic N) is 2. The van der Waals surface area contributed by atoms with E-state index < -0.39 is 23.8 Å². The summed E-state index contributed by atoms with van der Waals surface area (Å²) in [6.45, 7) is 0.437. The van der Waals surface area contributed by atoms with Crippen LogP contribution in [0.5, 0.6) is 0 Å². The largest absolute Gasteiger partial charge is 0.368 e. The first-order valence-corrected chi connectivity index (χ1v) is 5.56. The van der Waals surface area contributed by atoms with Crippen molar-refractivity contribution in [2.24, 2.45) is 5.73 Å². The maximum absolute atomic E-state index is 13.3. The number of halogens is 1. The first-order chi connectivity index (χ1) is 8.59. The number of carbonyl (C=O) groups excluding carboxylic acids is 2. The number of hydrogen-bond acceptors (Lipinski definition) is 3. The molecular formula is C11H13FN4O2. The number of nitrogens with one attached hydrogen (secondary N) is 1. The number of amides is 3. The summed E-state index contributed by atoms with van der Waals surface area (Å²) in [6, 6.07) is 0.207. The van der Waals surface area contributed by atoms with E-state index in [1.165, 1.54) is 17.2 Å². The van der Waals surface area contributed by atoms with Gasteiger partial charge in [0.05, 0.1) is 11.9 Å². The highest BCUT2D eigenvalue weighted by atomic mass is 19.1. The minimum Gasteiger partial charge on any atom is -0.368 e. The Morgan fingerprint density at radius 1 is 1.56 bits per heavy atom.